The minimum Gasteiger partial charge on any atom is -0.456 e. The van der Waals surface area contributed by atoms with Gasteiger partial charge in [0.2, 0.25) is 0 Å². The zero-order chi connectivity index (χ0) is 43.5. The molecule has 0 unspecified atom stereocenters. The van der Waals surface area contributed by atoms with Crippen LogP contribution in [-0.4, -0.2) is 0 Å². The quantitative estimate of drug-likeness (QED) is 0.195. The van der Waals surface area contributed by atoms with Crippen molar-refractivity contribution in [1.82, 2.24) is 0 Å². The Morgan fingerprint density at radius 2 is 1.09 bits per heavy atom. The maximum atomic E-state index is 9.51. The molecule has 0 radical (unpaired) electrons. The minimum absolute atomic E-state index is 0.174. The smallest absolute Gasteiger partial charge is 0.137 e. The van der Waals surface area contributed by atoms with E-state index < -0.39 is 124 Å². The molecule has 1 heterocycles. The monoisotopic (exact) mass is 602 g/mol. The highest BCUT2D eigenvalue weighted by Gasteiger charge is 2.17. The fourth-order valence-electron chi connectivity index (χ4n) is 5.69. The van der Waals surface area contributed by atoms with E-state index in [4.69, 9.17) is 16.8 Å². The molecule has 9 aromatic rings. The maximum absolute atomic E-state index is 9.51. The van der Waals surface area contributed by atoms with Crippen molar-refractivity contribution in [3.05, 3.63) is 176 Å². The van der Waals surface area contributed by atoms with Gasteiger partial charge in [-0.3, -0.25) is 0 Å². The number of anilines is 3. The number of nitrogens with zero attached hydrogens (tertiary/aromatic N) is 1. The summed E-state index contributed by atoms with van der Waals surface area (Å²) in [5.74, 6) is 0. The molecule has 46 heavy (non-hydrogen) atoms. The highest BCUT2D eigenvalue weighted by Crippen LogP contribution is 2.42. The van der Waals surface area contributed by atoms with Crippen LogP contribution in [0.5, 0.6) is 0 Å². The maximum Gasteiger partial charge on any atom is 0.137 e. The number of rotatable bonds is 5. The normalized spacial score (nSPS) is 16.0. The predicted octanol–water partition coefficient (Wildman–Crippen LogP) is 12.7. The van der Waals surface area contributed by atoms with Crippen LogP contribution < -0.4 is 4.90 Å². The van der Waals surface area contributed by atoms with Crippen LogP contribution in [0.4, 0.5) is 17.1 Å². The first-order valence-electron chi connectivity index (χ1n) is 22.0. The molecule has 0 amide bonds. The Balaban J connectivity index is 1.33. The van der Waals surface area contributed by atoms with Gasteiger partial charge in [0, 0.05) is 33.6 Å². The van der Waals surface area contributed by atoms with Crippen LogP contribution in [0.1, 0.15) is 20.6 Å². The van der Waals surface area contributed by atoms with E-state index >= 15 is 0 Å². The number of hydrogen-bond donors (Lipinski definition) is 0. The van der Waals surface area contributed by atoms with Crippen molar-refractivity contribution >= 4 is 60.5 Å². The molecule has 0 spiro atoms. The molecule has 216 valence electrons. The molecule has 0 aliphatic rings. The lowest BCUT2D eigenvalue weighted by Crippen LogP contribution is -2.10. The van der Waals surface area contributed by atoms with Gasteiger partial charge in [0.1, 0.15) is 11.2 Å². The summed E-state index contributed by atoms with van der Waals surface area (Å²) in [5.41, 5.74) is -0.301. The second-order valence-electron chi connectivity index (χ2n) is 10.6. The van der Waals surface area contributed by atoms with E-state index in [0.717, 1.165) is 21.5 Å². The van der Waals surface area contributed by atoms with Gasteiger partial charge in [-0.15, -0.1) is 0 Å². The van der Waals surface area contributed by atoms with Gasteiger partial charge in [0.05, 0.1) is 26.2 Å². The summed E-state index contributed by atoms with van der Waals surface area (Å²) in [6.07, 6.45) is 0. The van der Waals surface area contributed by atoms with Crippen molar-refractivity contribution in [3.63, 3.8) is 0 Å². The van der Waals surface area contributed by atoms with Crippen molar-refractivity contribution in [2.24, 2.45) is 0 Å². The predicted molar refractivity (Wildman–Crippen MR) is 194 cm³/mol. The Kier molecular flexibility index (Phi) is 3.58. The van der Waals surface area contributed by atoms with Crippen LogP contribution >= 0.6 is 0 Å². The fraction of sp³-hybridized carbons (Fsp3) is 0. The molecular formula is C44H29NO. The molecule has 0 fully saturated rings. The van der Waals surface area contributed by atoms with Crippen LogP contribution in [0.3, 0.4) is 0 Å². The molecule has 1 aromatic heterocycles. The van der Waals surface area contributed by atoms with E-state index in [1.807, 2.05) is 60.7 Å². The van der Waals surface area contributed by atoms with Crippen LogP contribution in [0.15, 0.2) is 180 Å². The third kappa shape index (κ3) is 4.51. The molecule has 2 heteroatoms. The molecule has 0 saturated heterocycles. The van der Waals surface area contributed by atoms with E-state index in [0.29, 0.717) is 22.5 Å². The van der Waals surface area contributed by atoms with Gasteiger partial charge in [0.25, 0.3) is 0 Å². The summed E-state index contributed by atoms with van der Waals surface area (Å²) in [6, 6.07) is 15.2. The molecular weight excluding hydrogens is 558 g/mol. The lowest BCUT2D eigenvalue weighted by Gasteiger charge is -2.27. The fourth-order valence-corrected chi connectivity index (χ4v) is 5.69. The SMILES string of the molecule is [2H]c1c([2H])c([2H])c(-c2c([2H])c([2H])c3c([2H])c([2H])c(-c4c([2H])c([2H])c(N(c5ccc6c(c5)oc5ccccc56)c5cccc6ccccc56)c([2H])c4[2H])c([2H])c3c2[2H])c([2H])c1[2H]. The summed E-state index contributed by atoms with van der Waals surface area (Å²) >= 11 is 0. The zero-order valence-electron chi connectivity index (χ0n) is 38.9. The number of furan rings is 1. The molecule has 0 aliphatic heterocycles. The summed E-state index contributed by atoms with van der Waals surface area (Å²) < 4.78 is 140. The van der Waals surface area contributed by atoms with E-state index in [-0.39, 0.29) is 5.69 Å². The first-order chi connectivity index (χ1) is 29.1. The topological polar surface area (TPSA) is 16.4 Å². The summed E-state index contributed by atoms with van der Waals surface area (Å²) in [5, 5.41) is 2.28. The largest absolute Gasteiger partial charge is 0.456 e. The van der Waals surface area contributed by atoms with Gasteiger partial charge in [-0.2, -0.15) is 0 Å². The average molecular weight is 603 g/mol. The Bertz CT molecular complexity index is 3340. The third-order valence-electron chi connectivity index (χ3n) is 7.84. The Morgan fingerprint density at radius 3 is 1.89 bits per heavy atom. The number of hydrogen-bond acceptors (Lipinski definition) is 2. The van der Waals surface area contributed by atoms with Crippen LogP contribution in [0, 0.1) is 0 Å². The third-order valence-corrected chi connectivity index (χ3v) is 7.84. The van der Waals surface area contributed by atoms with Gasteiger partial charge in [-0.1, -0.05) is 121 Å². The molecule has 0 atom stereocenters. The lowest BCUT2D eigenvalue weighted by atomic mass is 9.97. The van der Waals surface area contributed by atoms with Crippen LogP contribution in [0.2, 0.25) is 0 Å². The Morgan fingerprint density at radius 1 is 0.435 bits per heavy atom. The van der Waals surface area contributed by atoms with Gasteiger partial charge >= 0.3 is 0 Å². The van der Waals surface area contributed by atoms with Gasteiger partial charge in [0.15, 0.2) is 0 Å². The van der Waals surface area contributed by atoms with Crippen molar-refractivity contribution in [1.29, 1.82) is 0 Å². The molecule has 0 N–H and O–H groups in total. The van der Waals surface area contributed by atoms with Crippen molar-refractivity contribution in [2.45, 2.75) is 0 Å². The second kappa shape index (κ2) is 10.8. The molecule has 0 bridgehead atoms. The average Bonchev–Trinajstić information content (AvgIpc) is 3.63. The highest BCUT2D eigenvalue weighted by molar-refractivity contribution is 6.07. The minimum atomic E-state index is -0.765. The van der Waals surface area contributed by atoms with Crippen LogP contribution in [0.25, 0.3) is 65.7 Å². The molecule has 9 rings (SSSR count). The number of benzene rings is 8. The molecule has 0 saturated carbocycles. The van der Waals surface area contributed by atoms with Gasteiger partial charge < -0.3 is 9.32 Å². The highest BCUT2D eigenvalue weighted by atomic mass is 16.3. The van der Waals surface area contributed by atoms with Crippen LogP contribution in [-0.2, 0) is 0 Å². The van der Waals surface area contributed by atoms with Crippen molar-refractivity contribution < 1.29 is 25.0 Å². The summed E-state index contributed by atoms with van der Waals surface area (Å²) in [7, 11) is 0. The zero-order valence-corrected chi connectivity index (χ0v) is 23.9. The Hall–Kier alpha value is -6.12. The molecule has 8 aromatic carbocycles. The first kappa shape index (κ1) is 15.2. The lowest BCUT2D eigenvalue weighted by molar-refractivity contribution is 0.669. The molecule has 0 aliphatic carbocycles. The van der Waals surface area contributed by atoms with Gasteiger partial charge in [-0.25, -0.2) is 0 Å². The second-order valence-corrected chi connectivity index (χ2v) is 10.6. The first-order valence-corrected chi connectivity index (χ1v) is 14.5. The van der Waals surface area contributed by atoms with E-state index in [1.165, 1.54) is 0 Å². The summed E-state index contributed by atoms with van der Waals surface area (Å²) in [4.78, 5) is 1.59. The van der Waals surface area contributed by atoms with Crippen molar-refractivity contribution in [2.75, 3.05) is 4.90 Å². The number of fused-ring (bicyclic) bond motifs is 5. The Labute approximate surface area is 288 Å². The standard InChI is InChI=1S/C44H29NO/c1-2-9-30(10-3-1)34-19-17-32-18-20-35(28-36(32)27-34)31-21-23-37(24-22-31)45(42-15-8-12-33-11-4-5-13-39(33)42)38-25-26-41-40-14-6-7-16-43(40)46-44(41)29-38/h1-29H/i1D,2D,3D,9D,10D,17D,18D,19D,20D,21D,22D,23D,24D,27D,28D. The van der Waals surface area contributed by atoms with Gasteiger partial charge in [-0.05, 0) is 86.8 Å². The molecule has 2 nitrogen and oxygen atoms in total. The number of para-hydroxylation sites is 1. The summed E-state index contributed by atoms with van der Waals surface area (Å²) in [6.45, 7) is 0. The van der Waals surface area contributed by atoms with Crippen molar-refractivity contribution in [3.8, 4) is 22.3 Å². The van der Waals surface area contributed by atoms with E-state index in [9.17, 15) is 8.22 Å². The van der Waals surface area contributed by atoms with E-state index in [2.05, 4.69) is 0 Å². The van der Waals surface area contributed by atoms with E-state index in [1.54, 1.807) is 29.2 Å².